The minimum Gasteiger partial charge on any atom is -0.338 e. The lowest BCUT2D eigenvalue weighted by atomic mass is 10.0. The molecular weight excluding hydrogens is 320 g/mol. The standard InChI is InChI=1S/C22H22N4/c1-14(2)16-7-9-18(10-8-16)24-22-20-19(11-12-23-22)25-21(26-20)17-6-4-5-15(3)13-17/h4-14H,1-3H3,(H,23,24)(H,25,26). The number of H-pyrrole nitrogens is 1. The largest absolute Gasteiger partial charge is 0.338 e. The Bertz CT molecular complexity index is 1050. The number of benzene rings is 2. The number of rotatable bonds is 4. The molecule has 2 N–H and O–H groups in total. The minimum absolute atomic E-state index is 0.522. The van der Waals surface area contributed by atoms with Gasteiger partial charge in [0.05, 0.1) is 5.52 Å². The van der Waals surface area contributed by atoms with Gasteiger partial charge < -0.3 is 10.3 Å². The number of imidazole rings is 1. The first-order chi connectivity index (χ1) is 12.6. The van der Waals surface area contributed by atoms with E-state index in [-0.39, 0.29) is 0 Å². The van der Waals surface area contributed by atoms with Crippen LogP contribution >= 0.6 is 0 Å². The summed E-state index contributed by atoms with van der Waals surface area (Å²) in [5.41, 5.74) is 6.44. The van der Waals surface area contributed by atoms with Gasteiger partial charge in [0.1, 0.15) is 11.3 Å². The van der Waals surface area contributed by atoms with Gasteiger partial charge in [-0.2, -0.15) is 0 Å². The van der Waals surface area contributed by atoms with Crippen molar-refractivity contribution in [1.82, 2.24) is 15.0 Å². The topological polar surface area (TPSA) is 53.6 Å². The number of nitrogens with one attached hydrogen (secondary N) is 2. The third-order valence-electron chi connectivity index (χ3n) is 4.53. The molecule has 4 heteroatoms. The zero-order chi connectivity index (χ0) is 18.1. The highest BCUT2D eigenvalue weighted by atomic mass is 15.0. The van der Waals surface area contributed by atoms with Crippen LogP contribution in [0.25, 0.3) is 22.4 Å². The van der Waals surface area contributed by atoms with Gasteiger partial charge in [0, 0.05) is 17.4 Å². The average Bonchev–Trinajstić information content (AvgIpc) is 3.08. The molecule has 2 aromatic heterocycles. The molecule has 0 bridgehead atoms. The first-order valence-corrected chi connectivity index (χ1v) is 8.89. The van der Waals surface area contributed by atoms with Gasteiger partial charge in [-0.3, -0.25) is 0 Å². The molecule has 26 heavy (non-hydrogen) atoms. The fourth-order valence-electron chi connectivity index (χ4n) is 3.04. The van der Waals surface area contributed by atoms with Crippen LogP contribution in [0.1, 0.15) is 30.9 Å². The summed E-state index contributed by atoms with van der Waals surface area (Å²) in [6.45, 7) is 6.48. The van der Waals surface area contributed by atoms with E-state index in [4.69, 9.17) is 4.98 Å². The molecular formula is C22H22N4. The Labute approximate surface area is 153 Å². The highest BCUT2D eigenvalue weighted by Gasteiger charge is 2.10. The molecule has 0 amide bonds. The molecule has 130 valence electrons. The average molecular weight is 342 g/mol. The summed E-state index contributed by atoms with van der Waals surface area (Å²) >= 11 is 0. The molecule has 0 unspecified atom stereocenters. The molecule has 0 aliphatic rings. The van der Waals surface area contributed by atoms with Gasteiger partial charge in [-0.25, -0.2) is 9.97 Å². The Kier molecular flexibility index (Phi) is 4.17. The zero-order valence-electron chi connectivity index (χ0n) is 15.2. The predicted molar refractivity (Wildman–Crippen MR) is 108 cm³/mol. The second-order valence-electron chi connectivity index (χ2n) is 6.91. The monoisotopic (exact) mass is 342 g/mol. The van der Waals surface area contributed by atoms with Crippen molar-refractivity contribution in [3.05, 3.63) is 71.9 Å². The second kappa shape index (κ2) is 6.64. The molecule has 4 nitrogen and oxygen atoms in total. The molecule has 0 saturated carbocycles. The third-order valence-corrected chi connectivity index (χ3v) is 4.53. The number of aryl methyl sites for hydroxylation is 1. The SMILES string of the molecule is Cc1cccc(-c2nc3c(Nc4ccc(C(C)C)cc4)nccc3[nH]2)c1. The lowest BCUT2D eigenvalue weighted by molar-refractivity contribution is 0.867. The molecule has 2 aromatic carbocycles. The predicted octanol–water partition coefficient (Wildman–Crippen LogP) is 5.80. The quantitative estimate of drug-likeness (QED) is 0.493. The van der Waals surface area contributed by atoms with Crippen LogP contribution < -0.4 is 5.32 Å². The van der Waals surface area contributed by atoms with E-state index in [2.05, 4.69) is 78.5 Å². The molecule has 0 spiro atoms. The van der Waals surface area contributed by atoms with E-state index in [0.717, 1.165) is 33.9 Å². The number of hydrogen-bond donors (Lipinski definition) is 2. The Morgan fingerprint density at radius 2 is 1.81 bits per heavy atom. The molecule has 0 aliphatic carbocycles. The first-order valence-electron chi connectivity index (χ1n) is 8.89. The summed E-state index contributed by atoms with van der Waals surface area (Å²) in [7, 11) is 0. The van der Waals surface area contributed by atoms with Gasteiger partial charge in [-0.1, -0.05) is 49.7 Å². The van der Waals surface area contributed by atoms with E-state index in [1.54, 1.807) is 6.20 Å². The molecule has 0 aliphatic heterocycles. The molecule has 4 aromatic rings. The van der Waals surface area contributed by atoms with Crippen LogP contribution in [0.4, 0.5) is 11.5 Å². The van der Waals surface area contributed by atoms with Crippen LogP contribution in [0.3, 0.4) is 0 Å². The van der Waals surface area contributed by atoms with Crippen molar-refractivity contribution < 1.29 is 0 Å². The van der Waals surface area contributed by atoms with Gasteiger partial charge in [0.15, 0.2) is 5.82 Å². The number of anilines is 2. The van der Waals surface area contributed by atoms with Gasteiger partial charge in [-0.15, -0.1) is 0 Å². The fourth-order valence-corrected chi connectivity index (χ4v) is 3.04. The fraction of sp³-hybridized carbons (Fsp3) is 0.182. The van der Waals surface area contributed by atoms with Crippen molar-refractivity contribution in [2.45, 2.75) is 26.7 Å². The molecule has 0 saturated heterocycles. The van der Waals surface area contributed by atoms with Crippen LogP contribution in [0.15, 0.2) is 60.8 Å². The minimum atomic E-state index is 0.522. The number of fused-ring (bicyclic) bond motifs is 1. The zero-order valence-corrected chi connectivity index (χ0v) is 15.2. The van der Waals surface area contributed by atoms with Crippen molar-refractivity contribution in [1.29, 1.82) is 0 Å². The summed E-state index contributed by atoms with van der Waals surface area (Å²) in [6.07, 6.45) is 1.80. The summed E-state index contributed by atoms with van der Waals surface area (Å²) in [4.78, 5) is 12.7. The maximum absolute atomic E-state index is 4.79. The molecule has 0 radical (unpaired) electrons. The highest BCUT2D eigenvalue weighted by Crippen LogP contribution is 2.27. The van der Waals surface area contributed by atoms with Crippen LogP contribution in [-0.2, 0) is 0 Å². The smallest absolute Gasteiger partial charge is 0.158 e. The molecule has 2 heterocycles. The van der Waals surface area contributed by atoms with Crippen molar-refractivity contribution in [3.63, 3.8) is 0 Å². The number of aromatic nitrogens is 3. The van der Waals surface area contributed by atoms with Gasteiger partial charge in [0.2, 0.25) is 0 Å². The second-order valence-corrected chi connectivity index (χ2v) is 6.91. The van der Waals surface area contributed by atoms with E-state index in [0.29, 0.717) is 5.92 Å². The van der Waals surface area contributed by atoms with E-state index in [1.807, 2.05) is 12.1 Å². The molecule has 0 atom stereocenters. The lowest BCUT2D eigenvalue weighted by Gasteiger charge is -2.09. The number of hydrogen-bond acceptors (Lipinski definition) is 3. The van der Waals surface area contributed by atoms with Crippen LogP contribution in [0.2, 0.25) is 0 Å². The lowest BCUT2D eigenvalue weighted by Crippen LogP contribution is -1.95. The molecule has 4 rings (SSSR count). The molecule has 0 fully saturated rings. The van der Waals surface area contributed by atoms with E-state index in [9.17, 15) is 0 Å². The normalized spacial score (nSPS) is 11.2. The maximum atomic E-state index is 4.79. The van der Waals surface area contributed by atoms with Gasteiger partial charge in [-0.05, 0) is 42.7 Å². The van der Waals surface area contributed by atoms with Crippen LogP contribution in [0, 0.1) is 6.92 Å². The van der Waals surface area contributed by atoms with E-state index < -0.39 is 0 Å². The van der Waals surface area contributed by atoms with E-state index in [1.165, 1.54) is 11.1 Å². The van der Waals surface area contributed by atoms with Crippen LogP contribution in [-0.4, -0.2) is 15.0 Å². The van der Waals surface area contributed by atoms with Crippen molar-refractivity contribution in [2.24, 2.45) is 0 Å². The van der Waals surface area contributed by atoms with Gasteiger partial charge >= 0.3 is 0 Å². The summed E-state index contributed by atoms with van der Waals surface area (Å²) in [5, 5.41) is 3.40. The van der Waals surface area contributed by atoms with Crippen molar-refractivity contribution in [3.8, 4) is 11.4 Å². The van der Waals surface area contributed by atoms with Crippen molar-refractivity contribution in [2.75, 3.05) is 5.32 Å². The number of nitrogens with zero attached hydrogens (tertiary/aromatic N) is 2. The summed E-state index contributed by atoms with van der Waals surface area (Å²) < 4.78 is 0. The third kappa shape index (κ3) is 3.18. The highest BCUT2D eigenvalue weighted by molar-refractivity contribution is 5.89. The maximum Gasteiger partial charge on any atom is 0.158 e. The Balaban J connectivity index is 1.69. The Morgan fingerprint density at radius 1 is 1.00 bits per heavy atom. The van der Waals surface area contributed by atoms with Gasteiger partial charge in [0.25, 0.3) is 0 Å². The summed E-state index contributed by atoms with van der Waals surface area (Å²) in [6, 6.07) is 18.8. The Morgan fingerprint density at radius 3 is 2.54 bits per heavy atom. The number of aromatic amines is 1. The number of pyridine rings is 1. The van der Waals surface area contributed by atoms with Crippen LogP contribution in [0.5, 0.6) is 0 Å². The van der Waals surface area contributed by atoms with Crippen molar-refractivity contribution >= 4 is 22.5 Å². The Hall–Kier alpha value is -3.14. The first kappa shape index (κ1) is 16.3. The summed E-state index contributed by atoms with van der Waals surface area (Å²) in [5.74, 6) is 2.14. The van der Waals surface area contributed by atoms with E-state index >= 15 is 0 Å².